The van der Waals surface area contributed by atoms with E-state index >= 15 is 0 Å². The van der Waals surface area contributed by atoms with Gasteiger partial charge in [-0.3, -0.25) is 4.79 Å². The van der Waals surface area contributed by atoms with E-state index in [1.54, 1.807) is 54.6 Å². The van der Waals surface area contributed by atoms with Gasteiger partial charge in [0.1, 0.15) is 13.2 Å². The van der Waals surface area contributed by atoms with Gasteiger partial charge in [-0.15, -0.1) is 0 Å². The average molecular weight is 697 g/mol. The Kier molecular flexibility index (Phi) is 16.8. The number of ether oxygens (including phenoxy) is 2. The molecule has 4 aromatic carbocycles. The second-order valence-corrected chi connectivity index (χ2v) is 10.8. The van der Waals surface area contributed by atoms with Gasteiger partial charge in [0.15, 0.2) is 0 Å². The third-order valence-corrected chi connectivity index (χ3v) is 7.27. The maximum absolute atomic E-state index is 12.3. The van der Waals surface area contributed by atoms with E-state index in [0.29, 0.717) is 30.8 Å². The summed E-state index contributed by atoms with van der Waals surface area (Å²) < 4.78 is 12.5. The molecule has 0 fully saturated rings. The molecule has 1 aromatic heterocycles. The Balaban J connectivity index is 0.000000227. The standard InChI is InChI=1S/C18H16N2O4S.C10H9NO2S.C8H7NO/c21-16(15-9-5-2-6-10-15)24-12-11-19-17(22)20(25-18(19)23)13-14-7-3-1-4-8-14;12-10(13-7-6-11-8-14)9-4-2-1-3-5-9;10-7-9-6-8-4-2-1-3-5-8/h1-10H,11-13H2;1-5H,6-7H2;1-5H,6H2. The van der Waals surface area contributed by atoms with Crippen molar-refractivity contribution in [2.45, 2.75) is 19.6 Å². The quantitative estimate of drug-likeness (QED) is 0.0553. The molecule has 0 bridgehead atoms. The molecular weight excluding hydrogens is 665 g/mol. The summed E-state index contributed by atoms with van der Waals surface area (Å²) in [7, 11) is 0. The molecular formula is C36H32N4O7S2. The lowest BCUT2D eigenvalue weighted by Crippen LogP contribution is -2.31. The predicted octanol–water partition coefficient (Wildman–Crippen LogP) is 5.45. The molecule has 0 N–H and O–H groups in total. The number of benzene rings is 4. The van der Waals surface area contributed by atoms with E-state index in [-0.39, 0.29) is 30.6 Å². The summed E-state index contributed by atoms with van der Waals surface area (Å²) in [6.07, 6.45) is 1.49. The van der Waals surface area contributed by atoms with Crippen molar-refractivity contribution in [2.75, 3.05) is 19.8 Å². The minimum Gasteiger partial charge on any atom is -0.460 e. The van der Waals surface area contributed by atoms with E-state index in [1.165, 1.54) is 10.0 Å². The lowest BCUT2D eigenvalue weighted by molar-refractivity contribution is 0.0486. The van der Waals surface area contributed by atoms with Crippen molar-refractivity contribution in [1.29, 1.82) is 0 Å². The molecule has 0 saturated carbocycles. The summed E-state index contributed by atoms with van der Waals surface area (Å²) in [5, 5.41) is 2.20. The molecule has 1 heterocycles. The second kappa shape index (κ2) is 21.9. The maximum Gasteiger partial charge on any atom is 0.341 e. The number of isocyanates is 1. The van der Waals surface area contributed by atoms with Crippen molar-refractivity contribution in [3.05, 3.63) is 164 Å². The number of esters is 2. The summed E-state index contributed by atoms with van der Waals surface area (Å²) in [4.78, 5) is 63.9. The van der Waals surface area contributed by atoms with Crippen LogP contribution in [0.25, 0.3) is 0 Å². The molecule has 11 nitrogen and oxygen atoms in total. The van der Waals surface area contributed by atoms with Gasteiger partial charge >= 0.3 is 22.5 Å². The van der Waals surface area contributed by atoms with Gasteiger partial charge in [-0.05, 0) is 47.6 Å². The minimum absolute atomic E-state index is 0.0362. The fourth-order valence-electron chi connectivity index (χ4n) is 3.91. The first kappa shape index (κ1) is 37.6. The van der Waals surface area contributed by atoms with Crippen LogP contribution < -0.4 is 10.6 Å². The number of carbonyl (C=O) groups excluding carboxylic acids is 3. The van der Waals surface area contributed by atoms with Gasteiger partial charge in [-0.1, -0.05) is 97.1 Å². The van der Waals surface area contributed by atoms with Gasteiger partial charge in [0.25, 0.3) is 0 Å². The fraction of sp³-hybridized carbons (Fsp3) is 0.167. The van der Waals surface area contributed by atoms with Gasteiger partial charge in [0.2, 0.25) is 6.08 Å². The van der Waals surface area contributed by atoms with Crippen LogP contribution in [-0.4, -0.2) is 51.5 Å². The maximum atomic E-state index is 12.3. The first-order valence-electron chi connectivity index (χ1n) is 14.8. The molecule has 49 heavy (non-hydrogen) atoms. The molecule has 0 spiro atoms. The number of thiocarbonyl (C=S) groups is 1. The van der Waals surface area contributed by atoms with Crippen molar-refractivity contribution in [1.82, 2.24) is 8.52 Å². The number of aromatic nitrogens is 2. The SMILES string of the molecule is O=C(OCCN=C=S)c1ccccc1.O=C(OCCn1c(=O)sn(Cc2ccccc2)c1=O)c1ccccc1.O=C=NCc1ccccc1. The third-order valence-electron chi connectivity index (χ3n) is 6.26. The van der Waals surface area contributed by atoms with Gasteiger partial charge in [0.05, 0.1) is 42.5 Å². The number of hydrogen-bond donors (Lipinski definition) is 0. The molecule has 5 rings (SSSR count). The second-order valence-electron chi connectivity index (χ2n) is 9.68. The number of hydrogen-bond acceptors (Lipinski definition) is 11. The van der Waals surface area contributed by atoms with E-state index in [1.807, 2.05) is 66.7 Å². The highest BCUT2D eigenvalue weighted by Crippen LogP contribution is 2.04. The average Bonchev–Trinajstić information content (AvgIpc) is 3.41. The third kappa shape index (κ3) is 13.8. The molecule has 250 valence electrons. The number of nitrogens with zero attached hydrogens (tertiary/aromatic N) is 4. The summed E-state index contributed by atoms with van der Waals surface area (Å²) in [5.41, 5.74) is 2.55. The minimum atomic E-state index is -0.478. The Morgan fingerprint density at radius 1 is 0.694 bits per heavy atom. The van der Waals surface area contributed by atoms with Crippen molar-refractivity contribution in [3.8, 4) is 0 Å². The van der Waals surface area contributed by atoms with Crippen LogP contribution in [0.15, 0.2) is 141 Å². The number of isothiocyanates is 1. The Labute approximate surface area is 291 Å². The molecule has 0 saturated heterocycles. The van der Waals surface area contributed by atoms with Crippen molar-refractivity contribution in [2.24, 2.45) is 9.98 Å². The van der Waals surface area contributed by atoms with E-state index in [2.05, 4.69) is 27.4 Å². The molecule has 13 heteroatoms. The lowest BCUT2D eigenvalue weighted by atomic mass is 10.2. The highest BCUT2D eigenvalue weighted by atomic mass is 32.1. The molecule has 0 aliphatic heterocycles. The van der Waals surface area contributed by atoms with Crippen LogP contribution in [0.4, 0.5) is 0 Å². The van der Waals surface area contributed by atoms with Crippen LogP contribution in [0.2, 0.25) is 0 Å². The number of carbonyl (C=O) groups is 2. The fourth-order valence-corrected chi connectivity index (χ4v) is 4.85. The summed E-state index contributed by atoms with van der Waals surface area (Å²) in [6.45, 7) is 1.37. The summed E-state index contributed by atoms with van der Waals surface area (Å²) in [5.74, 6) is -0.821. The Morgan fingerprint density at radius 2 is 1.18 bits per heavy atom. The van der Waals surface area contributed by atoms with E-state index in [0.717, 1.165) is 27.2 Å². The zero-order valence-corrected chi connectivity index (χ0v) is 27.9. The van der Waals surface area contributed by atoms with Gasteiger partial charge < -0.3 is 9.47 Å². The van der Waals surface area contributed by atoms with Gasteiger partial charge in [-0.25, -0.2) is 37.7 Å². The monoisotopic (exact) mass is 696 g/mol. The van der Waals surface area contributed by atoms with E-state index in [9.17, 15) is 24.0 Å². The topological polar surface area (TPSA) is 138 Å². The van der Waals surface area contributed by atoms with Crippen LogP contribution in [-0.2, 0) is 33.9 Å². The van der Waals surface area contributed by atoms with Crippen LogP contribution in [0, 0.1) is 0 Å². The largest absolute Gasteiger partial charge is 0.460 e. The Hall–Kier alpha value is -5.84. The van der Waals surface area contributed by atoms with Crippen molar-refractivity contribution in [3.63, 3.8) is 0 Å². The predicted molar refractivity (Wildman–Crippen MR) is 190 cm³/mol. The van der Waals surface area contributed by atoms with Gasteiger partial charge in [0, 0.05) is 11.5 Å². The lowest BCUT2D eigenvalue weighted by Gasteiger charge is -2.04. The van der Waals surface area contributed by atoms with E-state index < -0.39 is 11.7 Å². The molecule has 0 unspecified atom stereocenters. The van der Waals surface area contributed by atoms with Gasteiger partial charge in [-0.2, -0.15) is 0 Å². The van der Waals surface area contributed by atoms with Crippen LogP contribution in [0.5, 0.6) is 0 Å². The highest BCUT2D eigenvalue weighted by molar-refractivity contribution is 7.78. The molecule has 0 aliphatic carbocycles. The zero-order chi connectivity index (χ0) is 35.1. The van der Waals surface area contributed by atoms with Crippen LogP contribution in [0.3, 0.4) is 0 Å². The molecule has 0 aliphatic rings. The number of rotatable bonds is 12. The molecule has 0 radical (unpaired) electrons. The molecule has 5 aromatic rings. The van der Waals surface area contributed by atoms with Crippen molar-refractivity contribution < 1.29 is 23.9 Å². The first-order chi connectivity index (χ1) is 23.9. The van der Waals surface area contributed by atoms with E-state index in [4.69, 9.17) is 9.47 Å². The Bertz CT molecular complexity index is 1950. The molecule has 0 amide bonds. The highest BCUT2D eigenvalue weighted by Gasteiger charge is 2.12. The van der Waals surface area contributed by atoms with Crippen molar-refractivity contribution >= 4 is 46.9 Å². The first-order valence-corrected chi connectivity index (χ1v) is 16.0. The number of aliphatic imine (C=N–C) groups is 2. The summed E-state index contributed by atoms with van der Waals surface area (Å²) in [6, 6.07) is 36.4. The normalized spacial score (nSPS) is 9.63. The Morgan fingerprint density at radius 3 is 1.69 bits per heavy atom. The zero-order valence-electron chi connectivity index (χ0n) is 26.3. The van der Waals surface area contributed by atoms with Crippen LogP contribution >= 0.6 is 23.8 Å². The smallest absolute Gasteiger partial charge is 0.341 e. The summed E-state index contributed by atoms with van der Waals surface area (Å²) >= 11 is 5.23. The molecule has 0 atom stereocenters. The van der Waals surface area contributed by atoms with Crippen LogP contribution in [0.1, 0.15) is 31.8 Å².